The van der Waals surface area contributed by atoms with Gasteiger partial charge in [0, 0.05) is 6.54 Å². The summed E-state index contributed by atoms with van der Waals surface area (Å²) in [6, 6.07) is 8.07. The standard InChI is InChI=1S/C17H26N2O2/c1-11(19-16(21)15-9-14(20)10-18-15)12-5-7-13(8-6-12)17(2,3)4/h5-8,11,14-15,18,20H,9-10H2,1-4H3,(H,19,21)/t11-,14-,15-/m0/s1. The van der Waals surface area contributed by atoms with Crippen molar-refractivity contribution in [3.63, 3.8) is 0 Å². The van der Waals surface area contributed by atoms with Crippen LogP contribution in [0.4, 0.5) is 0 Å². The number of aliphatic hydroxyl groups excluding tert-OH is 1. The molecule has 1 aromatic rings. The van der Waals surface area contributed by atoms with Gasteiger partial charge in [0.2, 0.25) is 5.91 Å². The van der Waals surface area contributed by atoms with Crippen LogP contribution < -0.4 is 10.6 Å². The smallest absolute Gasteiger partial charge is 0.237 e. The zero-order valence-electron chi connectivity index (χ0n) is 13.3. The van der Waals surface area contributed by atoms with Gasteiger partial charge in [-0.1, -0.05) is 45.0 Å². The summed E-state index contributed by atoms with van der Waals surface area (Å²) in [6.45, 7) is 9.03. The lowest BCUT2D eigenvalue weighted by Gasteiger charge is -2.21. The number of hydrogen-bond donors (Lipinski definition) is 3. The first-order valence-electron chi connectivity index (χ1n) is 7.59. The molecule has 3 atom stereocenters. The number of carbonyl (C=O) groups excluding carboxylic acids is 1. The molecule has 1 aliphatic rings. The molecule has 1 aliphatic heterocycles. The first-order valence-corrected chi connectivity index (χ1v) is 7.59. The number of amides is 1. The minimum atomic E-state index is -0.415. The van der Waals surface area contributed by atoms with Gasteiger partial charge in [-0.15, -0.1) is 0 Å². The second kappa shape index (κ2) is 6.16. The highest BCUT2D eigenvalue weighted by molar-refractivity contribution is 5.82. The van der Waals surface area contributed by atoms with Crippen LogP contribution in [0.2, 0.25) is 0 Å². The van der Waals surface area contributed by atoms with E-state index in [0.29, 0.717) is 13.0 Å². The number of rotatable bonds is 3. The number of benzene rings is 1. The van der Waals surface area contributed by atoms with Gasteiger partial charge < -0.3 is 15.7 Å². The molecule has 1 aromatic carbocycles. The summed E-state index contributed by atoms with van der Waals surface area (Å²) in [7, 11) is 0. The van der Waals surface area contributed by atoms with Crippen LogP contribution in [0.25, 0.3) is 0 Å². The SMILES string of the molecule is C[C@H](NC(=O)[C@@H]1C[C@H](O)CN1)c1ccc(C(C)(C)C)cc1. The number of aliphatic hydroxyl groups is 1. The molecule has 0 saturated carbocycles. The fraction of sp³-hybridized carbons (Fsp3) is 0.588. The Morgan fingerprint density at radius 1 is 1.33 bits per heavy atom. The molecule has 3 N–H and O–H groups in total. The summed E-state index contributed by atoms with van der Waals surface area (Å²) in [5, 5.41) is 15.5. The number of nitrogens with one attached hydrogen (secondary N) is 2. The number of hydrogen-bond acceptors (Lipinski definition) is 3. The summed E-state index contributed by atoms with van der Waals surface area (Å²) in [5.74, 6) is -0.0426. The number of β-amino-alcohol motifs (C(OH)–C–C–N with tert-alkyl or cyclic N) is 1. The quantitative estimate of drug-likeness (QED) is 0.796. The van der Waals surface area contributed by atoms with Crippen LogP contribution in [0.15, 0.2) is 24.3 Å². The average Bonchev–Trinajstić information content (AvgIpc) is 2.84. The third-order valence-corrected chi connectivity index (χ3v) is 4.06. The lowest BCUT2D eigenvalue weighted by atomic mass is 9.86. The van der Waals surface area contributed by atoms with Crippen LogP contribution in [-0.2, 0) is 10.2 Å². The zero-order chi connectivity index (χ0) is 15.6. The van der Waals surface area contributed by atoms with E-state index >= 15 is 0 Å². The van der Waals surface area contributed by atoms with Gasteiger partial charge in [0.05, 0.1) is 18.2 Å². The van der Waals surface area contributed by atoms with E-state index in [2.05, 4.69) is 55.7 Å². The highest BCUT2D eigenvalue weighted by Crippen LogP contribution is 2.24. The third-order valence-electron chi connectivity index (χ3n) is 4.06. The molecule has 116 valence electrons. The molecule has 21 heavy (non-hydrogen) atoms. The molecule has 4 heteroatoms. The molecule has 1 heterocycles. The lowest BCUT2D eigenvalue weighted by molar-refractivity contribution is -0.123. The van der Waals surface area contributed by atoms with Gasteiger partial charge in [0.15, 0.2) is 0 Å². The van der Waals surface area contributed by atoms with E-state index in [0.717, 1.165) is 5.56 Å². The molecule has 0 aliphatic carbocycles. The molecule has 1 saturated heterocycles. The van der Waals surface area contributed by atoms with Crippen LogP contribution in [0.5, 0.6) is 0 Å². The Labute approximate surface area is 126 Å². The van der Waals surface area contributed by atoms with Gasteiger partial charge in [-0.3, -0.25) is 4.79 Å². The Hall–Kier alpha value is -1.39. The molecule has 1 fully saturated rings. The van der Waals surface area contributed by atoms with Gasteiger partial charge in [-0.25, -0.2) is 0 Å². The maximum absolute atomic E-state index is 12.1. The van der Waals surface area contributed by atoms with E-state index in [1.807, 2.05) is 6.92 Å². The Morgan fingerprint density at radius 3 is 2.43 bits per heavy atom. The summed E-state index contributed by atoms with van der Waals surface area (Å²) < 4.78 is 0. The van der Waals surface area contributed by atoms with Crippen molar-refractivity contribution in [3.05, 3.63) is 35.4 Å². The van der Waals surface area contributed by atoms with Gasteiger partial charge >= 0.3 is 0 Å². The van der Waals surface area contributed by atoms with Crippen LogP contribution >= 0.6 is 0 Å². The predicted molar refractivity (Wildman–Crippen MR) is 84.1 cm³/mol. The largest absolute Gasteiger partial charge is 0.392 e. The fourth-order valence-corrected chi connectivity index (χ4v) is 2.59. The normalized spacial score (nSPS) is 23.9. The second-order valence-electron chi connectivity index (χ2n) is 6.95. The first-order chi connectivity index (χ1) is 9.77. The van der Waals surface area contributed by atoms with Crippen LogP contribution in [0.1, 0.15) is 51.3 Å². The fourth-order valence-electron chi connectivity index (χ4n) is 2.59. The Morgan fingerprint density at radius 2 is 1.95 bits per heavy atom. The Bertz CT molecular complexity index is 491. The van der Waals surface area contributed by atoms with Gasteiger partial charge in [-0.05, 0) is 29.9 Å². The van der Waals surface area contributed by atoms with Gasteiger partial charge in [0.1, 0.15) is 0 Å². The minimum Gasteiger partial charge on any atom is -0.392 e. The van der Waals surface area contributed by atoms with Crippen molar-refractivity contribution in [2.45, 2.75) is 57.7 Å². The first kappa shape index (κ1) is 16.0. The summed E-state index contributed by atoms with van der Waals surface area (Å²) in [6.07, 6.45) is 0.0729. The summed E-state index contributed by atoms with van der Waals surface area (Å²) >= 11 is 0. The lowest BCUT2D eigenvalue weighted by Crippen LogP contribution is -2.41. The molecular formula is C17H26N2O2. The van der Waals surface area contributed by atoms with Crippen LogP contribution in [0, 0.1) is 0 Å². The van der Waals surface area contributed by atoms with E-state index in [1.54, 1.807) is 0 Å². The highest BCUT2D eigenvalue weighted by atomic mass is 16.3. The highest BCUT2D eigenvalue weighted by Gasteiger charge is 2.28. The van der Waals surface area contributed by atoms with E-state index in [1.165, 1.54) is 5.56 Å². The van der Waals surface area contributed by atoms with E-state index in [-0.39, 0.29) is 23.4 Å². The zero-order valence-corrected chi connectivity index (χ0v) is 13.3. The Kier molecular flexibility index (Phi) is 4.69. The number of carbonyl (C=O) groups is 1. The van der Waals surface area contributed by atoms with Crippen LogP contribution in [0.3, 0.4) is 0 Å². The molecule has 0 spiro atoms. The van der Waals surface area contributed by atoms with E-state index in [9.17, 15) is 9.90 Å². The van der Waals surface area contributed by atoms with E-state index < -0.39 is 6.10 Å². The molecule has 0 aromatic heterocycles. The average molecular weight is 290 g/mol. The third kappa shape index (κ3) is 4.05. The minimum absolute atomic E-state index is 0.0361. The van der Waals surface area contributed by atoms with Crippen molar-refractivity contribution in [2.24, 2.45) is 0 Å². The summed E-state index contributed by atoms with van der Waals surface area (Å²) in [5.41, 5.74) is 2.51. The second-order valence-corrected chi connectivity index (χ2v) is 6.95. The molecule has 2 rings (SSSR count). The topological polar surface area (TPSA) is 61.4 Å². The van der Waals surface area contributed by atoms with E-state index in [4.69, 9.17) is 0 Å². The summed E-state index contributed by atoms with van der Waals surface area (Å²) in [4.78, 5) is 12.1. The maximum Gasteiger partial charge on any atom is 0.237 e. The van der Waals surface area contributed by atoms with Crippen LogP contribution in [-0.4, -0.2) is 29.7 Å². The van der Waals surface area contributed by atoms with Crippen molar-refractivity contribution in [1.29, 1.82) is 0 Å². The van der Waals surface area contributed by atoms with Gasteiger partial charge in [-0.2, -0.15) is 0 Å². The molecular weight excluding hydrogens is 264 g/mol. The van der Waals surface area contributed by atoms with Crippen molar-refractivity contribution < 1.29 is 9.90 Å². The predicted octanol–water partition coefficient (Wildman–Crippen LogP) is 1.88. The maximum atomic E-state index is 12.1. The van der Waals surface area contributed by atoms with Crippen molar-refractivity contribution >= 4 is 5.91 Å². The monoisotopic (exact) mass is 290 g/mol. The van der Waals surface area contributed by atoms with Gasteiger partial charge in [0.25, 0.3) is 0 Å². The van der Waals surface area contributed by atoms with Crippen molar-refractivity contribution in [1.82, 2.24) is 10.6 Å². The molecule has 0 radical (unpaired) electrons. The molecule has 0 unspecified atom stereocenters. The molecule has 4 nitrogen and oxygen atoms in total. The van der Waals surface area contributed by atoms with Crippen molar-refractivity contribution in [2.75, 3.05) is 6.54 Å². The Balaban J connectivity index is 1.97. The molecule has 1 amide bonds. The molecule has 0 bridgehead atoms. The van der Waals surface area contributed by atoms with Crippen molar-refractivity contribution in [3.8, 4) is 0 Å².